The number of piperidine rings is 1. The van der Waals surface area contributed by atoms with Gasteiger partial charge in [-0.3, -0.25) is 4.90 Å². The van der Waals surface area contributed by atoms with Crippen LogP contribution in [0.3, 0.4) is 0 Å². The second kappa shape index (κ2) is 4.76. The average molecular weight is 246 g/mol. The Bertz CT molecular complexity index is 420. The maximum Gasteiger partial charge on any atom is 0.125 e. The minimum absolute atomic E-state index is 0.557. The quantitative estimate of drug-likeness (QED) is 0.819. The van der Waals surface area contributed by atoms with Crippen LogP contribution in [0.2, 0.25) is 0 Å². The second-order valence-electron chi connectivity index (χ2n) is 5.58. The second-order valence-corrected chi connectivity index (χ2v) is 5.58. The molecule has 3 rings (SSSR count). The van der Waals surface area contributed by atoms with Gasteiger partial charge in [0.15, 0.2) is 0 Å². The van der Waals surface area contributed by atoms with Crippen molar-refractivity contribution in [3.05, 3.63) is 18.3 Å². The summed E-state index contributed by atoms with van der Waals surface area (Å²) in [5, 5.41) is 0. The number of pyridine rings is 1. The zero-order valence-electron chi connectivity index (χ0n) is 11.0. The van der Waals surface area contributed by atoms with E-state index in [0.29, 0.717) is 11.9 Å². The summed E-state index contributed by atoms with van der Waals surface area (Å²) in [5.41, 5.74) is 7.02. The van der Waals surface area contributed by atoms with Crippen LogP contribution in [0.4, 0.5) is 11.5 Å². The van der Waals surface area contributed by atoms with Crippen LogP contribution >= 0.6 is 0 Å². The zero-order valence-corrected chi connectivity index (χ0v) is 11.0. The lowest BCUT2D eigenvalue weighted by Crippen LogP contribution is -2.58. The summed E-state index contributed by atoms with van der Waals surface area (Å²) < 4.78 is 0. The van der Waals surface area contributed by atoms with Gasteiger partial charge in [0, 0.05) is 43.1 Å². The number of rotatable bonds is 1. The fourth-order valence-corrected chi connectivity index (χ4v) is 3.33. The number of nitrogens with two attached hydrogens (primary N) is 1. The zero-order chi connectivity index (χ0) is 12.5. The molecular formula is C14H22N4. The fraction of sp³-hybridized carbons (Fsp3) is 0.643. The van der Waals surface area contributed by atoms with Crippen molar-refractivity contribution in [2.75, 3.05) is 30.3 Å². The molecule has 0 aliphatic carbocycles. The first-order valence-corrected chi connectivity index (χ1v) is 6.96. The Morgan fingerprint density at radius 3 is 3.06 bits per heavy atom. The SMILES string of the molecule is CC1CN2CCCCC2CN1c1ccnc(N)c1. The number of hydrogen-bond acceptors (Lipinski definition) is 4. The van der Waals surface area contributed by atoms with Crippen LogP contribution in [0.25, 0.3) is 0 Å². The lowest BCUT2D eigenvalue weighted by Gasteiger charge is -2.48. The predicted molar refractivity (Wildman–Crippen MR) is 74.7 cm³/mol. The Hall–Kier alpha value is -1.29. The summed E-state index contributed by atoms with van der Waals surface area (Å²) in [6, 6.07) is 5.35. The summed E-state index contributed by atoms with van der Waals surface area (Å²) in [4.78, 5) is 9.23. The van der Waals surface area contributed by atoms with E-state index >= 15 is 0 Å². The van der Waals surface area contributed by atoms with E-state index in [-0.39, 0.29) is 0 Å². The molecule has 0 amide bonds. The van der Waals surface area contributed by atoms with Crippen LogP contribution in [-0.2, 0) is 0 Å². The van der Waals surface area contributed by atoms with Gasteiger partial charge < -0.3 is 10.6 Å². The van der Waals surface area contributed by atoms with Crippen LogP contribution in [0.1, 0.15) is 26.2 Å². The van der Waals surface area contributed by atoms with E-state index in [4.69, 9.17) is 5.73 Å². The van der Waals surface area contributed by atoms with Gasteiger partial charge in [-0.25, -0.2) is 4.98 Å². The van der Waals surface area contributed by atoms with Gasteiger partial charge in [-0.05, 0) is 32.4 Å². The van der Waals surface area contributed by atoms with Crippen LogP contribution in [-0.4, -0.2) is 41.6 Å². The summed E-state index contributed by atoms with van der Waals surface area (Å²) in [6.45, 7) is 5.89. The molecule has 0 radical (unpaired) electrons. The molecule has 2 saturated heterocycles. The molecule has 98 valence electrons. The van der Waals surface area contributed by atoms with Gasteiger partial charge in [-0.2, -0.15) is 0 Å². The molecule has 0 bridgehead atoms. The third-order valence-electron chi connectivity index (χ3n) is 4.28. The topological polar surface area (TPSA) is 45.4 Å². The fourth-order valence-electron chi connectivity index (χ4n) is 3.33. The first-order valence-electron chi connectivity index (χ1n) is 6.96. The normalized spacial score (nSPS) is 29.1. The van der Waals surface area contributed by atoms with Gasteiger partial charge in [-0.15, -0.1) is 0 Å². The van der Waals surface area contributed by atoms with Crippen molar-refractivity contribution in [1.82, 2.24) is 9.88 Å². The molecule has 18 heavy (non-hydrogen) atoms. The molecule has 0 saturated carbocycles. The van der Waals surface area contributed by atoms with Crippen molar-refractivity contribution in [2.24, 2.45) is 0 Å². The Morgan fingerprint density at radius 1 is 1.33 bits per heavy atom. The Morgan fingerprint density at radius 2 is 2.22 bits per heavy atom. The maximum atomic E-state index is 5.79. The van der Waals surface area contributed by atoms with Crippen molar-refractivity contribution in [2.45, 2.75) is 38.3 Å². The largest absolute Gasteiger partial charge is 0.384 e. The van der Waals surface area contributed by atoms with Crippen molar-refractivity contribution in [3.8, 4) is 0 Å². The van der Waals surface area contributed by atoms with Crippen LogP contribution in [0.5, 0.6) is 0 Å². The number of piperazine rings is 1. The van der Waals surface area contributed by atoms with E-state index in [1.165, 1.54) is 38.0 Å². The lowest BCUT2D eigenvalue weighted by atomic mass is 9.97. The van der Waals surface area contributed by atoms with Crippen LogP contribution < -0.4 is 10.6 Å². The molecule has 1 aromatic heterocycles. The highest BCUT2D eigenvalue weighted by Crippen LogP contribution is 2.28. The van der Waals surface area contributed by atoms with E-state index < -0.39 is 0 Å². The van der Waals surface area contributed by atoms with Gasteiger partial charge in [0.1, 0.15) is 5.82 Å². The molecular weight excluding hydrogens is 224 g/mol. The molecule has 2 unspecified atom stereocenters. The number of aromatic nitrogens is 1. The highest BCUT2D eigenvalue weighted by Gasteiger charge is 2.32. The monoisotopic (exact) mass is 246 g/mol. The Balaban J connectivity index is 1.80. The Kier molecular flexibility index (Phi) is 3.12. The van der Waals surface area contributed by atoms with Gasteiger partial charge >= 0.3 is 0 Å². The molecule has 4 nitrogen and oxygen atoms in total. The molecule has 2 aliphatic rings. The first-order chi connectivity index (χ1) is 8.74. The first kappa shape index (κ1) is 11.8. The van der Waals surface area contributed by atoms with Gasteiger partial charge in [0.25, 0.3) is 0 Å². The molecule has 2 N–H and O–H groups in total. The minimum Gasteiger partial charge on any atom is -0.384 e. The molecule has 2 atom stereocenters. The van der Waals surface area contributed by atoms with E-state index in [1.54, 1.807) is 0 Å². The number of nitrogen functional groups attached to an aromatic ring is 1. The lowest BCUT2D eigenvalue weighted by molar-refractivity contribution is 0.115. The van der Waals surface area contributed by atoms with Crippen LogP contribution in [0, 0.1) is 0 Å². The number of fused-ring (bicyclic) bond motifs is 1. The third-order valence-corrected chi connectivity index (χ3v) is 4.28. The standard InChI is InChI=1S/C14H22N4/c1-11-9-17-7-3-2-4-13(17)10-18(11)12-5-6-16-14(15)8-12/h5-6,8,11,13H,2-4,7,9-10H2,1H3,(H2,15,16). The third kappa shape index (κ3) is 2.17. The van der Waals surface area contributed by atoms with E-state index in [2.05, 4.69) is 27.8 Å². The molecule has 4 heteroatoms. The number of nitrogens with zero attached hydrogens (tertiary/aromatic N) is 3. The van der Waals surface area contributed by atoms with Crippen molar-refractivity contribution in [3.63, 3.8) is 0 Å². The molecule has 2 fully saturated rings. The van der Waals surface area contributed by atoms with Gasteiger partial charge in [-0.1, -0.05) is 6.42 Å². The number of anilines is 2. The summed E-state index contributed by atoms with van der Waals surface area (Å²) in [5.74, 6) is 0.616. The van der Waals surface area contributed by atoms with E-state index in [1.807, 2.05) is 12.3 Å². The minimum atomic E-state index is 0.557. The van der Waals surface area contributed by atoms with Crippen molar-refractivity contribution >= 4 is 11.5 Å². The highest BCUT2D eigenvalue weighted by molar-refractivity contribution is 5.53. The van der Waals surface area contributed by atoms with E-state index in [0.717, 1.165) is 12.6 Å². The molecule has 0 aromatic carbocycles. The van der Waals surface area contributed by atoms with Crippen molar-refractivity contribution in [1.29, 1.82) is 0 Å². The maximum absolute atomic E-state index is 5.79. The molecule has 1 aromatic rings. The van der Waals surface area contributed by atoms with Crippen molar-refractivity contribution < 1.29 is 0 Å². The summed E-state index contributed by atoms with van der Waals surface area (Å²) in [6.07, 6.45) is 5.89. The predicted octanol–water partition coefficient (Wildman–Crippen LogP) is 1.73. The summed E-state index contributed by atoms with van der Waals surface area (Å²) in [7, 11) is 0. The summed E-state index contributed by atoms with van der Waals surface area (Å²) >= 11 is 0. The van der Waals surface area contributed by atoms with Gasteiger partial charge in [0.05, 0.1) is 0 Å². The highest BCUT2D eigenvalue weighted by atomic mass is 15.3. The average Bonchev–Trinajstić information content (AvgIpc) is 2.38. The molecule has 3 heterocycles. The Labute approximate surface area is 109 Å². The molecule has 0 spiro atoms. The smallest absolute Gasteiger partial charge is 0.125 e. The van der Waals surface area contributed by atoms with Gasteiger partial charge in [0.2, 0.25) is 0 Å². The number of hydrogen-bond donors (Lipinski definition) is 1. The molecule has 2 aliphatic heterocycles. The van der Waals surface area contributed by atoms with E-state index in [9.17, 15) is 0 Å². The van der Waals surface area contributed by atoms with Crippen LogP contribution in [0.15, 0.2) is 18.3 Å².